The number of methoxy groups -OCH3 is 1. The van der Waals surface area contributed by atoms with Crippen LogP contribution in [0.15, 0.2) is 23.1 Å². The second-order valence-electron chi connectivity index (χ2n) is 5.45. The number of hydrogen-bond acceptors (Lipinski definition) is 6. The fraction of sp³-hybridized carbons (Fsp3) is 0.500. The smallest absolute Gasteiger partial charge is 0.305 e. The first kappa shape index (κ1) is 17.5. The summed E-state index contributed by atoms with van der Waals surface area (Å²) in [4.78, 5) is 10.9. The number of rotatable bonds is 7. The lowest BCUT2D eigenvalue weighted by atomic mass is 10.0. The number of hydrogen-bond donors (Lipinski definition) is 2. The molecule has 9 heteroatoms. The molecule has 1 aromatic carbocycles. The molecule has 0 saturated carbocycles. The Labute approximate surface area is 134 Å². The van der Waals surface area contributed by atoms with E-state index in [0.717, 1.165) is 0 Å². The standard InChI is InChI=1S/C14H19NO7S/c1-14(9-20-2,8-12(16)17)15-23(18,19)11-5-3-4-10-13(11)22-7-6-21-10/h3-5,15H,6-9H2,1-2H3,(H,16,17). The highest BCUT2D eigenvalue weighted by Crippen LogP contribution is 2.36. The zero-order valence-corrected chi connectivity index (χ0v) is 13.7. The lowest BCUT2D eigenvalue weighted by Gasteiger charge is -2.29. The fourth-order valence-electron chi connectivity index (χ4n) is 2.41. The second kappa shape index (κ2) is 6.73. The Hall–Kier alpha value is -1.84. The maximum Gasteiger partial charge on any atom is 0.305 e. The van der Waals surface area contributed by atoms with Gasteiger partial charge < -0.3 is 19.3 Å². The van der Waals surface area contributed by atoms with Gasteiger partial charge in [0.25, 0.3) is 0 Å². The molecular formula is C14H19NO7S. The molecule has 0 saturated heterocycles. The van der Waals surface area contributed by atoms with E-state index < -0.39 is 28.0 Å². The van der Waals surface area contributed by atoms with Gasteiger partial charge in [0.1, 0.15) is 18.1 Å². The minimum atomic E-state index is -4.03. The number of sulfonamides is 1. The van der Waals surface area contributed by atoms with Crippen molar-refractivity contribution in [2.45, 2.75) is 23.8 Å². The number of carbonyl (C=O) groups is 1. The van der Waals surface area contributed by atoms with E-state index in [9.17, 15) is 13.2 Å². The minimum absolute atomic E-state index is 0.0924. The number of aliphatic carboxylic acids is 1. The van der Waals surface area contributed by atoms with Crippen LogP contribution in [0.3, 0.4) is 0 Å². The quantitative estimate of drug-likeness (QED) is 0.745. The lowest BCUT2D eigenvalue weighted by molar-refractivity contribution is -0.138. The highest BCUT2D eigenvalue weighted by Gasteiger charge is 2.35. The van der Waals surface area contributed by atoms with Crippen molar-refractivity contribution in [1.29, 1.82) is 0 Å². The van der Waals surface area contributed by atoms with Crippen molar-refractivity contribution in [3.63, 3.8) is 0 Å². The van der Waals surface area contributed by atoms with E-state index in [-0.39, 0.29) is 23.9 Å². The Kier molecular flexibility index (Phi) is 5.12. The van der Waals surface area contributed by atoms with Gasteiger partial charge in [0.2, 0.25) is 10.0 Å². The number of carboxylic acids is 1. The summed E-state index contributed by atoms with van der Waals surface area (Å²) in [5, 5.41) is 9.00. The summed E-state index contributed by atoms with van der Waals surface area (Å²) in [6.07, 6.45) is -0.424. The van der Waals surface area contributed by atoms with Crippen LogP contribution in [0.2, 0.25) is 0 Å². The molecule has 2 N–H and O–H groups in total. The monoisotopic (exact) mass is 345 g/mol. The van der Waals surface area contributed by atoms with E-state index in [2.05, 4.69) is 4.72 Å². The van der Waals surface area contributed by atoms with Crippen LogP contribution in [-0.4, -0.2) is 52.0 Å². The topological polar surface area (TPSA) is 111 Å². The van der Waals surface area contributed by atoms with Gasteiger partial charge in [-0.2, -0.15) is 0 Å². The van der Waals surface area contributed by atoms with Crippen molar-refractivity contribution >= 4 is 16.0 Å². The molecule has 1 atom stereocenters. The molecule has 8 nitrogen and oxygen atoms in total. The van der Waals surface area contributed by atoms with Crippen molar-refractivity contribution in [2.75, 3.05) is 26.9 Å². The highest BCUT2D eigenvalue weighted by atomic mass is 32.2. The molecular weight excluding hydrogens is 326 g/mol. The van der Waals surface area contributed by atoms with Crippen molar-refractivity contribution in [2.24, 2.45) is 0 Å². The normalized spacial score (nSPS) is 16.6. The Morgan fingerprint density at radius 3 is 2.74 bits per heavy atom. The third-order valence-electron chi connectivity index (χ3n) is 3.20. The number of benzene rings is 1. The molecule has 0 amide bonds. The molecule has 1 aromatic rings. The number of ether oxygens (including phenoxy) is 3. The Bertz CT molecular complexity index is 688. The van der Waals surface area contributed by atoms with E-state index in [1.54, 1.807) is 6.07 Å². The van der Waals surface area contributed by atoms with Crippen molar-refractivity contribution in [3.05, 3.63) is 18.2 Å². The highest BCUT2D eigenvalue weighted by molar-refractivity contribution is 7.89. The Morgan fingerprint density at radius 1 is 1.39 bits per heavy atom. The van der Waals surface area contributed by atoms with Crippen LogP contribution in [0.5, 0.6) is 11.5 Å². The molecule has 0 aromatic heterocycles. The molecule has 0 spiro atoms. The van der Waals surface area contributed by atoms with E-state index >= 15 is 0 Å². The summed E-state index contributed by atoms with van der Waals surface area (Å²) in [5.41, 5.74) is -1.29. The fourth-order valence-corrected chi connectivity index (χ4v) is 3.96. The molecule has 2 rings (SSSR count). The van der Waals surface area contributed by atoms with Gasteiger partial charge in [-0.3, -0.25) is 4.79 Å². The number of para-hydroxylation sites is 1. The van der Waals surface area contributed by atoms with E-state index in [1.807, 2.05) is 0 Å². The molecule has 1 aliphatic heterocycles. The number of fused-ring (bicyclic) bond motifs is 1. The first-order chi connectivity index (χ1) is 10.8. The van der Waals surface area contributed by atoms with Crippen LogP contribution in [0.4, 0.5) is 0 Å². The molecule has 128 valence electrons. The van der Waals surface area contributed by atoms with Crippen molar-refractivity contribution in [1.82, 2.24) is 4.72 Å². The predicted octanol–water partition coefficient (Wildman–Crippen LogP) is 0.616. The van der Waals surface area contributed by atoms with Gasteiger partial charge in [0.15, 0.2) is 11.5 Å². The van der Waals surface area contributed by atoms with Gasteiger partial charge in [0.05, 0.1) is 18.6 Å². The SMILES string of the molecule is COCC(C)(CC(=O)O)NS(=O)(=O)c1cccc2c1OCCO2. The van der Waals surface area contributed by atoms with Gasteiger partial charge >= 0.3 is 5.97 Å². The molecule has 1 aliphatic rings. The van der Waals surface area contributed by atoms with Crippen LogP contribution in [-0.2, 0) is 19.6 Å². The summed E-state index contributed by atoms with van der Waals surface area (Å²) in [7, 11) is -2.65. The molecule has 0 bridgehead atoms. The Morgan fingerprint density at radius 2 is 2.09 bits per heavy atom. The summed E-state index contributed by atoms with van der Waals surface area (Å²) < 4.78 is 43.5. The second-order valence-corrected chi connectivity index (χ2v) is 7.10. The first-order valence-corrected chi connectivity index (χ1v) is 8.39. The van der Waals surface area contributed by atoms with Crippen molar-refractivity contribution < 1.29 is 32.5 Å². The number of carboxylic acid groups (broad SMARTS) is 1. The van der Waals surface area contributed by atoms with Gasteiger partial charge in [-0.25, -0.2) is 13.1 Å². The molecule has 1 heterocycles. The predicted molar refractivity (Wildman–Crippen MR) is 80.3 cm³/mol. The molecule has 1 unspecified atom stereocenters. The summed E-state index contributed by atoms with van der Waals surface area (Å²) in [6.45, 7) is 1.95. The van der Waals surface area contributed by atoms with E-state index in [4.69, 9.17) is 19.3 Å². The van der Waals surface area contributed by atoms with Crippen LogP contribution in [0.1, 0.15) is 13.3 Å². The number of nitrogens with one attached hydrogen (secondary N) is 1. The molecule has 23 heavy (non-hydrogen) atoms. The van der Waals surface area contributed by atoms with E-state index in [1.165, 1.54) is 26.2 Å². The van der Waals surface area contributed by atoms with Crippen molar-refractivity contribution in [3.8, 4) is 11.5 Å². The zero-order valence-electron chi connectivity index (χ0n) is 12.9. The molecule has 0 radical (unpaired) electrons. The third kappa shape index (κ3) is 4.12. The summed E-state index contributed by atoms with van der Waals surface area (Å²) in [5.74, 6) is -0.672. The minimum Gasteiger partial charge on any atom is -0.486 e. The van der Waals surface area contributed by atoms with Gasteiger partial charge in [-0.05, 0) is 19.1 Å². The summed E-state index contributed by atoms with van der Waals surface area (Å²) >= 11 is 0. The van der Waals surface area contributed by atoms with Crippen LogP contribution < -0.4 is 14.2 Å². The van der Waals surface area contributed by atoms with Gasteiger partial charge in [-0.15, -0.1) is 0 Å². The van der Waals surface area contributed by atoms with Crippen LogP contribution >= 0.6 is 0 Å². The zero-order chi connectivity index (χ0) is 17.1. The molecule has 0 fully saturated rings. The average Bonchev–Trinajstić information content (AvgIpc) is 2.45. The van der Waals surface area contributed by atoms with E-state index in [0.29, 0.717) is 12.4 Å². The lowest BCUT2D eigenvalue weighted by Crippen LogP contribution is -2.50. The first-order valence-electron chi connectivity index (χ1n) is 6.91. The third-order valence-corrected chi connectivity index (χ3v) is 4.87. The van der Waals surface area contributed by atoms with Crippen LogP contribution in [0.25, 0.3) is 0 Å². The largest absolute Gasteiger partial charge is 0.486 e. The van der Waals surface area contributed by atoms with Crippen LogP contribution in [0, 0.1) is 0 Å². The van der Waals surface area contributed by atoms with Gasteiger partial charge in [-0.1, -0.05) is 6.07 Å². The maximum absolute atomic E-state index is 12.7. The average molecular weight is 345 g/mol. The molecule has 0 aliphatic carbocycles. The van der Waals surface area contributed by atoms with Gasteiger partial charge in [0, 0.05) is 7.11 Å². The maximum atomic E-state index is 12.7. The summed E-state index contributed by atoms with van der Waals surface area (Å²) in [6, 6.07) is 4.52. The Balaban J connectivity index is 2.36.